The highest BCUT2D eigenvalue weighted by molar-refractivity contribution is 5.79. The number of hydrogen-bond acceptors (Lipinski definition) is 2. The van der Waals surface area contributed by atoms with Crippen LogP contribution in [0.5, 0.6) is 0 Å². The molecule has 1 saturated carbocycles. The molecule has 1 aliphatic heterocycles. The van der Waals surface area contributed by atoms with E-state index in [0.717, 1.165) is 32.4 Å². The van der Waals surface area contributed by atoms with Crippen LogP contribution in [-0.4, -0.2) is 29.9 Å². The van der Waals surface area contributed by atoms with Crippen LogP contribution in [0.2, 0.25) is 0 Å². The minimum absolute atomic E-state index is 0.184. The summed E-state index contributed by atoms with van der Waals surface area (Å²) in [5, 5.41) is 0. The van der Waals surface area contributed by atoms with Gasteiger partial charge in [0.05, 0.1) is 0 Å². The van der Waals surface area contributed by atoms with Gasteiger partial charge >= 0.3 is 0 Å². The van der Waals surface area contributed by atoms with Crippen molar-refractivity contribution >= 4 is 5.91 Å². The van der Waals surface area contributed by atoms with E-state index < -0.39 is 0 Å². The highest BCUT2D eigenvalue weighted by Crippen LogP contribution is 2.31. The van der Waals surface area contributed by atoms with E-state index in [1.54, 1.807) is 0 Å². The minimum atomic E-state index is 0.184. The fourth-order valence-corrected chi connectivity index (χ4v) is 3.37. The van der Waals surface area contributed by atoms with Gasteiger partial charge in [-0.05, 0) is 37.5 Å². The third kappa shape index (κ3) is 2.82. The van der Waals surface area contributed by atoms with Crippen molar-refractivity contribution in [1.82, 2.24) is 4.90 Å². The Morgan fingerprint density at radius 2 is 1.94 bits per heavy atom. The maximum Gasteiger partial charge on any atom is 0.226 e. The molecule has 2 fully saturated rings. The molecule has 3 nitrogen and oxygen atoms in total. The Morgan fingerprint density at radius 1 is 1.18 bits per heavy atom. The SMILES string of the molecule is CC1CCCN(C(=O)C2CCCC(N)C2C)C1. The number of carbonyl (C=O) groups excluding carboxylic acids is 1. The summed E-state index contributed by atoms with van der Waals surface area (Å²) < 4.78 is 0. The van der Waals surface area contributed by atoms with Crippen molar-refractivity contribution in [3.8, 4) is 0 Å². The first kappa shape index (κ1) is 12.9. The van der Waals surface area contributed by atoms with E-state index in [2.05, 4.69) is 18.7 Å². The molecular weight excluding hydrogens is 212 g/mol. The van der Waals surface area contributed by atoms with Crippen LogP contribution in [0.1, 0.15) is 46.0 Å². The molecule has 1 aliphatic carbocycles. The van der Waals surface area contributed by atoms with Gasteiger partial charge in [-0.15, -0.1) is 0 Å². The van der Waals surface area contributed by atoms with E-state index in [-0.39, 0.29) is 12.0 Å². The highest BCUT2D eigenvalue weighted by atomic mass is 16.2. The van der Waals surface area contributed by atoms with Crippen molar-refractivity contribution in [2.45, 2.75) is 52.0 Å². The Bertz CT molecular complexity index is 279. The Labute approximate surface area is 105 Å². The summed E-state index contributed by atoms with van der Waals surface area (Å²) in [4.78, 5) is 14.6. The maximum atomic E-state index is 12.5. The molecular formula is C14H26N2O. The summed E-state index contributed by atoms with van der Waals surface area (Å²) >= 11 is 0. The van der Waals surface area contributed by atoms with Crippen molar-refractivity contribution < 1.29 is 4.79 Å². The first-order valence-corrected chi connectivity index (χ1v) is 7.14. The Kier molecular flexibility index (Phi) is 4.08. The van der Waals surface area contributed by atoms with E-state index >= 15 is 0 Å². The molecule has 0 spiro atoms. The van der Waals surface area contributed by atoms with Crippen molar-refractivity contribution in [2.24, 2.45) is 23.5 Å². The third-order valence-corrected chi connectivity index (χ3v) is 4.65. The lowest BCUT2D eigenvalue weighted by atomic mass is 9.76. The van der Waals surface area contributed by atoms with Crippen LogP contribution in [0, 0.1) is 17.8 Å². The smallest absolute Gasteiger partial charge is 0.226 e. The first-order chi connectivity index (χ1) is 8.09. The first-order valence-electron chi connectivity index (χ1n) is 7.14. The average Bonchev–Trinajstić information content (AvgIpc) is 2.32. The molecule has 0 aromatic carbocycles. The van der Waals surface area contributed by atoms with Gasteiger partial charge in [0.15, 0.2) is 0 Å². The number of nitrogens with zero attached hydrogens (tertiary/aromatic N) is 1. The van der Waals surface area contributed by atoms with Gasteiger partial charge in [-0.3, -0.25) is 4.79 Å². The summed E-state index contributed by atoms with van der Waals surface area (Å²) in [6, 6.07) is 0.222. The zero-order chi connectivity index (χ0) is 12.4. The second kappa shape index (κ2) is 5.38. The number of nitrogens with two attached hydrogens (primary N) is 1. The molecule has 0 aromatic rings. The van der Waals surface area contributed by atoms with E-state index in [4.69, 9.17) is 5.73 Å². The number of rotatable bonds is 1. The molecule has 17 heavy (non-hydrogen) atoms. The predicted molar refractivity (Wildman–Crippen MR) is 69.5 cm³/mol. The van der Waals surface area contributed by atoms with Gasteiger partial charge in [0, 0.05) is 25.0 Å². The molecule has 1 heterocycles. The largest absolute Gasteiger partial charge is 0.342 e. The second-order valence-corrected chi connectivity index (χ2v) is 6.09. The van der Waals surface area contributed by atoms with Crippen LogP contribution in [0.15, 0.2) is 0 Å². The molecule has 3 heteroatoms. The van der Waals surface area contributed by atoms with Crippen molar-refractivity contribution in [2.75, 3.05) is 13.1 Å². The highest BCUT2D eigenvalue weighted by Gasteiger charge is 2.35. The quantitative estimate of drug-likeness (QED) is 0.759. The number of carbonyl (C=O) groups is 1. The van der Waals surface area contributed by atoms with E-state index in [9.17, 15) is 4.79 Å². The van der Waals surface area contributed by atoms with Crippen LogP contribution < -0.4 is 5.73 Å². The molecule has 4 unspecified atom stereocenters. The van der Waals surface area contributed by atoms with Gasteiger partial charge in [0.25, 0.3) is 0 Å². The standard InChI is InChI=1S/C14H26N2O/c1-10-5-4-8-16(9-10)14(17)12-6-3-7-13(15)11(12)2/h10-13H,3-9,15H2,1-2H3. The Balaban J connectivity index is 1.98. The maximum absolute atomic E-state index is 12.5. The number of piperidine rings is 1. The minimum Gasteiger partial charge on any atom is -0.342 e. The summed E-state index contributed by atoms with van der Waals surface area (Å²) in [5.74, 6) is 1.58. The van der Waals surface area contributed by atoms with Crippen LogP contribution in [0.25, 0.3) is 0 Å². The van der Waals surface area contributed by atoms with Gasteiger partial charge in [0.2, 0.25) is 5.91 Å². The Morgan fingerprint density at radius 3 is 2.65 bits per heavy atom. The summed E-state index contributed by atoms with van der Waals surface area (Å²) in [5.41, 5.74) is 6.09. The molecule has 2 aliphatic rings. The van der Waals surface area contributed by atoms with Crippen LogP contribution >= 0.6 is 0 Å². The normalized spacial score (nSPS) is 39.1. The van der Waals surface area contributed by atoms with Crippen LogP contribution in [0.4, 0.5) is 0 Å². The molecule has 2 rings (SSSR count). The van der Waals surface area contributed by atoms with Crippen LogP contribution in [0.3, 0.4) is 0 Å². The lowest BCUT2D eigenvalue weighted by molar-refractivity contribution is -0.140. The van der Waals surface area contributed by atoms with Crippen molar-refractivity contribution in [3.05, 3.63) is 0 Å². The summed E-state index contributed by atoms with van der Waals surface area (Å²) in [6.07, 6.45) is 5.68. The predicted octanol–water partition coefficient (Wildman–Crippen LogP) is 2.01. The molecule has 1 saturated heterocycles. The van der Waals surface area contributed by atoms with E-state index in [1.165, 1.54) is 12.8 Å². The monoisotopic (exact) mass is 238 g/mol. The van der Waals surface area contributed by atoms with E-state index in [1.807, 2.05) is 0 Å². The molecule has 0 radical (unpaired) electrons. The van der Waals surface area contributed by atoms with Crippen molar-refractivity contribution in [1.29, 1.82) is 0 Å². The third-order valence-electron chi connectivity index (χ3n) is 4.65. The average molecular weight is 238 g/mol. The molecule has 1 amide bonds. The molecule has 4 atom stereocenters. The Hall–Kier alpha value is -0.570. The fraction of sp³-hybridized carbons (Fsp3) is 0.929. The second-order valence-electron chi connectivity index (χ2n) is 6.09. The van der Waals surface area contributed by atoms with Crippen LogP contribution in [-0.2, 0) is 4.79 Å². The van der Waals surface area contributed by atoms with Crippen molar-refractivity contribution in [3.63, 3.8) is 0 Å². The molecule has 0 bridgehead atoms. The molecule has 0 aromatic heterocycles. The zero-order valence-electron chi connectivity index (χ0n) is 11.2. The van der Waals surface area contributed by atoms with Gasteiger partial charge in [-0.25, -0.2) is 0 Å². The zero-order valence-corrected chi connectivity index (χ0v) is 11.2. The fourth-order valence-electron chi connectivity index (χ4n) is 3.37. The number of hydrogen-bond donors (Lipinski definition) is 1. The van der Waals surface area contributed by atoms with Gasteiger partial charge in [0.1, 0.15) is 0 Å². The number of amides is 1. The molecule has 98 valence electrons. The summed E-state index contributed by atoms with van der Waals surface area (Å²) in [7, 11) is 0. The van der Waals surface area contributed by atoms with Gasteiger partial charge in [-0.1, -0.05) is 20.3 Å². The molecule has 2 N–H and O–H groups in total. The lowest BCUT2D eigenvalue weighted by Gasteiger charge is -2.39. The number of likely N-dealkylation sites (tertiary alicyclic amines) is 1. The van der Waals surface area contributed by atoms with E-state index in [0.29, 0.717) is 17.7 Å². The topological polar surface area (TPSA) is 46.3 Å². The lowest BCUT2D eigenvalue weighted by Crippen LogP contribution is -2.48. The van der Waals surface area contributed by atoms with Gasteiger partial charge in [-0.2, -0.15) is 0 Å². The summed E-state index contributed by atoms with van der Waals surface area (Å²) in [6.45, 7) is 6.31. The van der Waals surface area contributed by atoms with Gasteiger partial charge < -0.3 is 10.6 Å².